The van der Waals surface area contributed by atoms with E-state index in [0.717, 1.165) is 0 Å². The minimum Gasteiger partial charge on any atom is -0.436 e. The summed E-state index contributed by atoms with van der Waals surface area (Å²) >= 11 is 5.88. The highest BCUT2D eigenvalue weighted by Crippen LogP contribution is 2.29. The van der Waals surface area contributed by atoms with Gasteiger partial charge in [0.25, 0.3) is 0 Å². The van der Waals surface area contributed by atoms with E-state index < -0.39 is 12.1 Å². The van der Waals surface area contributed by atoms with Gasteiger partial charge in [-0.15, -0.1) is 0 Å². The maximum atomic E-state index is 12.4. The van der Waals surface area contributed by atoms with E-state index in [1.165, 1.54) is 6.07 Å². The maximum absolute atomic E-state index is 12.4. The van der Waals surface area contributed by atoms with Crippen LogP contribution >= 0.6 is 11.6 Å². The largest absolute Gasteiger partial charge is 0.471 e. The molecule has 0 unspecified atom stereocenters. The molecule has 0 atom stereocenters. The molecule has 24 heavy (non-hydrogen) atoms. The molecule has 1 amide bonds. The van der Waals surface area contributed by atoms with Gasteiger partial charge in [0.15, 0.2) is 5.58 Å². The van der Waals surface area contributed by atoms with Crippen molar-refractivity contribution in [3.63, 3.8) is 0 Å². The Bertz CT molecular complexity index is 935. The van der Waals surface area contributed by atoms with Crippen LogP contribution in [0.1, 0.15) is 5.56 Å². The molecule has 0 radical (unpaired) electrons. The zero-order valence-electron chi connectivity index (χ0n) is 12.2. The van der Waals surface area contributed by atoms with E-state index in [2.05, 4.69) is 4.98 Å². The lowest BCUT2D eigenvalue weighted by Crippen LogP contribution is -2.30. The number of aryl methyl sites for hydroxylation is 1. The number of rotatable bonds is 2. The predicted octanol–water partition coefficient (Wildman–Crippen LogP) is 4.96. The van der Waals surface area contributed by atoms with E-state index in [0.29, 0.717) is 27.2 Å². The van der Waals surface area contributed by atoms with Gasteiger partial charge in [-0.2, -0.15) is 13.2 Å². The quantitative estimate of drug-likeness (QED) is 0.707. The smallest absolute Gasteiger partial charge is 0.436 e. The SMILES string of the molecule is Cc1ccc(-c2nc3cc(Cl)ccc3o2)cc1NC(=O)C(F)(F)F. The number of nitrogens with zero attached hydrogens (tertiary/aromatic N) is 1. The minimum absolute atomic E-state index is 0.0371. The van der Waals surface area contributed by atoms with Crippen molar-refractivity contribution in [3.05, 3.63) is 47.0 Å². The zero-order valence-corrected chi connectivity index (χ0v) is 13.0. The molecule has 8 heteroatoms. The van der Waals surface area contributed by atoms with Gasteiger partial charge in [-0.25, -0.2) is 4.98 Å². The number of carbonyl (C=O) groups excluding carboxylic acids is 1. The summed E-state index contributed by atoms with van der Waals surface area (Å²) in [6, 6.07) is 9.50. The van der Waals surface area contributed by atoms with E-state index in [-0.39, 0.29) is 11.6 Å². The topological polar surface area (TPSA) is 55.1 Å². The number of nitrogens with one attached hydrogen (secondary N) is 1. The average molecular weight is 355 g/mol. The standard InChI is InChI=1S/C16H10ClF3N2O2/c1-8-2-3-9(6-11(8)22-15(23)16(18,19)20)14-21-12-7-10(17)4-5-13(12)24-14/h2-7H,1H3,(H,22,23). The van der Waals surface area contributed by atoms with Gasteiger partial charge >= 0.3 is 12.1 Å². The van der Waals surface area contributed by atoms with Crippen LogP contribution in [0.15, 0.2) is 40.8 Å². The third-order valence-electron chi connectivity index (χ3n) is 3.34. The van der Waals surface area contributed by atoms with Crippen molar-refractivity contribution in [3.8, 4) is 11.5 Å². The molecule has 1 N–H and O–H groups in total. The van der Waals surface area contributed by atoms with Gasteiger partial charge in [-0.05, 0) is 42.8 Å². The van der Waals surface area contributed by atoms with Crippen LogP contribution < -0.4 is 5.32 Å². The number of amides is 1. The second-order valence-electron chi connectivity index (χ2n) is 5.11. The first-order valence-corrected chi connectivity index (χ1v) is 7.17. The fraction of sp³-hybridized carbons (Fsp3) is 0.125. The van der Waals surface area contributed by atoms with Crippen molar-refractivity contribution >= 4 is 34.3 Å². The van der Waals surface area contributed by atoms with Crippen LogP contribution in [0, 0.1) is 6.92 Å². The molecule has 1 aromatic heterocycles. The Balaban J connectivity index is 1.99. The number of carbonyl (C=O) groups is 1. The summed E-state index contributed by atoms with van der Waals surface area (Å²) in [4.78, 5) is 15.4. The van der Waals surface area contributed by atoms with Crippen molar-refractivity contribution in [2.24, 2.45) is 0 Å². The van der Waals surface area contributed by atoms with Gasteiger partial charge in [0.2, 0.25) is 5.89 Å². The highest BCUT2D eigenvalue weighted by Gasteiger charge is 2.38. The molecule has 0 spiro atoms. The summed E-state index contributed by atoms with van der Waals surface area (Å²) in [6.45, 7) is 1.58. The zero-order chi connectivity index (χ0) is 17.5. The Morgan fingerprint density at radius 2 is 1.96 bits per heavy atom. The van der Waals surface area contributed by atoms with Gasteiger partial charge in [-0.1, -0.05) is 17.7 Å². The fourth-order valence-corrected chi connectivity index (χ4v) is 2.27. The molecule has 0 aliphatic rings. The Kier molecular flexibility index (Phi) is 3.96. The second kappa shape index (κ2) is 5.83. The number of fused-ring (bicyclic) bond motifs is 1. The van der Waals surface area contributed by atoms with E-state index in [1.54, 1.807) is 37.3 Å². The van der Waals surface area contributed by atoms with Crippen LogP contribution in [-0.2, 0) is 4.79 Å². The molecule has 0 aliphatic carbocycles. The summed E-state index contributed by atoms with van der Waals surface area (Å²) in [5.41, 5.74) is 1.98. The molecule has 3 rings (SSSR count). The van der Waals surface area contributed by atoms with Crippen LogP contribution in [0.2, 0.25) is 5.02 Å². The van der Waals surface area contributed by atoms with E-state index in [1.807, 2.05) is 5.32 Å². The van der Waals surface area contributed by atoms with Crippen LogP contribution in [0.3, 0.4) is 0 Å². The van der Waals surface area contributed by atoms with Gasteiger partial charge in [0, 0.05) is 16.3 Å². The number of oxazole rings is 1. The normalized spacial score (nSPS) is 11.7. The second-order valence-corrected chi connectivity index (χ2v) is 5.55. The van der Waals surface area contributed by atoms with Crippen molar-refractivity contribution in [2.45, 2.75) is 13.1 Å². The third-order valence-corrected chi connectivity index (χ3v) is 3.57. The molecule has 0 aliphatic heterocycles. The lowest BCUT2D eigenvalue weighted by atomic mass is 10.1. The van der Waals surface area contributed by atoms with E-state index >= 15 is 0 Å². The van der Waals surface area contributed by atoms with Crippen LogP contribution in [0.4, 0.5) is 18.9 Å². The maximum Gasteiger partial charge on any atom is 0.471 e. The highest BCUT2D eigenvalue weighted by molar-refractivity contribution is 6.31. The number of halogens is 4. The fourth-order valence-electron chi connectivity index (χ4n) is 2.11. The molecule has 124 valence electrons. The summed E-state index contributed by atoms with van der Waals surface area (Å²) in [5.74, 6) is -1.82. The Hall–Kier alpha value is -2.54. The van der Waals surface area contributed by atoms with Crippen molar-refractivity contribution in [1.82, 2.24) is 4.98 Å². The number of benzene rings is 2. The van der Waals surface area contributed by atoms with E-state index in [9.17, 15) is 18.0 Å². The Morgan fingerprint density at radius 3 is 2.67 bits per heavy atom. The number of alkyl halides is 3. The van der Waals surface area contributed by atoms with Gasteiger partial charge in [0.05, 0.1) is 0 Å². The monoisotopic (exact) mass is 354 g/mol. The first-order chi connectivity index (χ1) is 11.2. The van der Waals surface area contributed by atoms with Gasteiger partial charge in [-0.3, -0.25) is 4.79 Å². The van der Waals surface area contributed by atoms with Gasteiger partial charge < -0.3 is 9.73 Å². The number of hydrogen-bond donors (Lipinski definition) is 1. The Labute approximate surface area is 139 Å². The number of aromatic nitrogens is 1. The highest BCUT2D eigenvalue weighted by atomic mass is 35.5. The molecule has 0 bridgehead atoms. The molecule has 1 heterocycles. The lowest BCUT2D eigenvalue weighted by Gasteiger charge is -2.11. The lowest BCUT2D eigenvalue weighted by molar-refractivity contribution is -0.167. The first-order valence-electron chi connectivity index (χ1n) is 6.79. The third kappa shape index (κ3) is 3.21. The average Bonchev–Trinajstić information content (AvgIpc) is 2.91. The summed E-state index contributed by atoms with van der Waals surface area (Å²) in [6.07, 6.45) is -4.96. The minimum atomic E-state index is -4.96. The summed E-state index contributed by atoms with van der Waals surface area (Å²) < 4.78 is 42.8. The van der Waals surface area contributed by atoms with Crippen molar-refractivity contribution in [2.75, 3.05) is 5.32 Å². The molecule has 2 aromatic carbocycles. The van der Waals surface area contributed by atoms with Crippen LogP contribution in [0.25, 0.3) is 22.6 Å². The summed E-state index contributed by atoms with van der Waals surface area (Å²) in [7, 11) is 0. The van der Waals surface area contributed by atoms with Crippen LogP contribution in [-0.4, -0.2) is 17.1 Å². The molecule has 0 saturated heterocycles. The molecular formula is C16H10ClF3N2O2. The molecule has 3 aromatic rings. The Morgan fingerprint density at radius 1 is 1.21 bits per heavy atom. The predicted molar refractivity (Wildman–Crippen MR) is 83.9 cm³/mol. The van der Waals surface area contributed by atoms with Crippen molar-refractivity contribution < 1.29 is 22.4 Å². The molecular weight excluding hydrogens is 345 g/mol. The van der Waals surface area contributed by atoms with Crippen LogP contribution in [0.5, 0.6) is 0 Å². The summed E-state index contributed by atoms with van der Waals surface area (Å²) in [5, 5.41) is 2.34. The van der Waals surface area contributed by atoms with Crippen molar-refractivity contribution in [1.29, 1.82) is 0 Å². The molecule has 0 saturated carbocycles. The number of hydrogen-bond acceptors (Lipinski definition) is 3. The van der Waals surface area contributed by atoms with E-state index in [4.69, 9.17) is 16.0 Å². The number of anilines is 1. The first kappa shape index (κ1) is 16.3. The van der Waals surface area contributed by atoms with Gasteiger partial charge in [0.1, 0.15) is 5.52 Å². The molecule has 4 nitrogen and oxygen atoms in total. The molecule has 0 fully saturated rings.